The number of rotatable bonds is 6. The Bertz CT molecular complexity index is 221. The van der Waals surface area contributed by atoms with Gasteiger partial charge in [-0.3, -0.25) is 4.79 Å². The summed E-state index contributed by atoms with van der Waals surface area (Å²) in [4.78, 5) is 13.4. The first kappa shape index (κ1) is 13.4. The Kier molecular flexibility index (Phi) is 5.18. The monoisotopic (exact) mass is 230 g/mol. The summed E-state index contributed by atoms with van der Waals surface area (Å²) in [6.07, 6.45) is 4.29. The molecule has 5 nitrogen and oxygen atoms in total. The van der Waals surface area contributed by atoms with Crippen LogP contribution < -0.4 is 5.73 Å². The molecule has 1 aliphatic carbocycles. The van der Waals surface area contributed by atoms with Gasteiger partial charge >= 0.3 is 0 Å². The minimum absolute atomic E-state index is 0.0625. The fourth-order valence-electron chi connectivity index (χ4n) is 2.27. The van der Waals surface area contributed by atoms with Crippen molar-refractivity contribution < 1.29 is 15.0 Å². The van der Waals surface area contributed by atoms with Gasteiger partial charge in [0.2, 0.25) is 5.91 Å². The smallest absolute Gasteiger partial charge is 0.224 e. The molecule has 4 N–H and O–H groups in total. The van der Waals surface area contributed by atoms with Crippen LogP contribution in [0.1, 0.15) is 32.1 Å². The highest BCUT2D eigenvalue weighted by molar-refractivity contribution is 5.77. The summed E-state index contributed by atoms with van der Waals surface area (Å²) in [7, 11) is 0. The van der Waals surface area contributed by atoms with Gasteiger partial charge < -0.3 is 20.8 Å². The van der Waals surface area contributed by atoms with Crippen LogP contribution in [-0.4, -0.2) is 52.9 Å². The number of nitrogens with zero attached hydrogens (tertiary/aromatic N) is 1. The lowest BCUT2D eigenvalue weighted by molar-refractivity contribution is -0.133. The predicted molar refractivity (Wildman–Crippen MR) is 60.8 cm³/mol. The van der Waals surface area contributed by atoms with Crippen LogP contribution in [0.2, 0.25) is 0 Å². The summed E-state index contributed by atoms with van der Waals surface area (Å²) in [6, 6.07) is 0. The number of hydrogen-bond donors (Lipinski definition) is 3. The molecule has 0 aliphatic heterocycles. The molecule has 1 rings (SSSR count). The second kappa shape index (κ2) is 6.18. The highest BCUT2D eigenvalue weighted by Crippen LogP contribution is 2.30. The maximum atomic E-state index is 11.9. The van der Waals surface area contributed by atoms with E-state index in [1.54, 1.807) is 0 Å². The molecule has 0 atom stereocenters. The first-order valence-corrected chi connectivity index (χ1v) is 5.90. The Hall–Kier alpha value is -0.650. The van der Waals surface area contributed by atoms with Gasteiger partial charge in [-0.25, -0.2) is 0 Å². The van der Waals surface area contributed by atoms with Crippen molar-refractivity contribution in [2.45, 2.75) is 37.6 Å². The van der Waals surface area contributed by atoms with E-state index < -0.39 is 0 Å². The Morgan fingerprint density at radius 1 is 1.19 bits per heavy atom. The van der Waals surface area contributed by atoms with Crippen LogP contribution in [0.4, 0.5) is 0 Å². The van der Waals surface area contributed by atoms with E-state index in [0.717, 1.165) is 25.7 Å². The third-order valence-corrected chi connectivity index (χ3v) is 3.20. The molecular formula is C11H22N2O3. The van der Waals surface area contributed by atoms with Crippen molar-refractivity contribution in [2.24, 2.45) is 5.73 Å². The summed E-state index contributed by atoms with van der Waals surface area (Å²) in [5, 5.41) is 17.7. The molecule has 0 spiro atoms. The van der Waals surface area contributed by atoms with Crippen LogP contribution in [-0.2, 0) is 4.79 Å². The van der Waals surface area contributed by atoms with Gasteiger partial charge in [0, 0.05) is 25.0 Å². The van der Waals surface area contributed by atoms with Crippen LogP contribution in [0.15, 0.2) is 0 Å². The van der Waals surface area contributed by atoms with Crippen LogP contribution in [0.25, 0.3) is 0 Å². The summed E-state index contributed by atoms with van der Waals surface area (Å²) in [5.74, 6) is -0.0625. The first-order valence-electron chi connectivity index (χ1n) is 5.90. The zero-order chi connectivity index (χ0) is 12.0. The maximum Gasteiger partial charge on any atom is 0.224 e. The third kappa shape index (κ3) is 3.73. The standard InChI is InChI=1S/C11H22N2O3/c12-11(3-1-2-4-11)9-10(16)13(5-7-14)6-8-15/h14-15H,1-9,12H2. The van der Waals surface area contributed by atoms with Gasteiger partial charge in [0.05, 0.1) is 13.2 Å². The van der Waals surface area contributed by atoms with Crippen molar-refractivity contribution in [1.29, 1.82) is 0 Å². The molecule has 0 heterocycles. The van der Waals surface area contributed by atoms with Gasteiger partial charge in [0.1, 0.15) is 0 Å². The molecule has 1 amide bonds. The van der Waals surface area contributed by atoms with Gasteiger partial charge in [-0.05, 0) is 12.8 Å². The second-order valence-electron chi connectivity index (χ2n) is 4.57. The average Bonchev–Trinajstić information content (AvgIpc) is 2.64. The minimum Gasteiger partial charge on any atom is -0.395 e. The third-order valence-electron chi connectivity index (χ3n) is 3.20. The number of carbonyl (C=O) groups is 1. The fraction of sp³-hybridized carbons (Fsp3) is 0.909. The van der Waals surface area contributed by atoms with Crippen molar-refractivity contribution in [3.05, 3.63) is 0 Å². The van der Waals surface area contributed by atoms with Crippen molar-refractivity contribution >= 4 is 5.91 Å². The molecule has 0 aromatic heterocycles. The van der Waals surface area contributed by atoms with E-state index in [2.05, 4.69) is 0 Å². The number of carbonyl (C=O) groups excluding carboxylic acids is 1. The SMILES string of the molecule is NC1(CC(=O)N(CCO)CCO)CCCC1. The Balaban J connectivity index is 2.47. The zero-order valence-corrected chi connectivity index (χ0v) is 9.69. The van der Waals surface area contributed by atoms with Gasteiger partial charge in [-0.1, -0.05) is 12.8 Å². The van der Waals surface area contributed by atoms with E-state index in [-0.39, 0.29) is 37.7 Å². The summed E-state index contributed by atoms with van der Waals surface area (Å²) < 4.78 is 0. The number of hydrogen-bond acceptors (Lipinski definition) is 4. The van der Waals surface area contributed by atoms with E-state index in [1.807, 2.05) is 0 Å². The molecule has 1 fully saturated rings. The van der Waals surface area contributed by atoms with Gasteiger partial charge in [0.15, 0.2) is 0 Å². The highest BCUT2D eigenvalue weighted by atomic mass is 16.3. The van der Waals surface area contributed by atoms with E-state index in [1.165, 1.54) is 4.90 Å². The van der Waals surface area contributed by atoms with E-state index in [9.17, 15) is 4.79 Å². The van der Waals surface area contributed by atoms with Gasteiger partial charge in [-0.15, -0.1) is 0 Å². The zero-order valence-electron chi connectivity index (χ0n) is 9.69. The molecule has 1 aliphatic rings. The van der Waals surface area contributed by atoms with Crippen LogP contribution in [0.3, 0.4) is 0 Å². The van der Waals surface area contributed by atoms with Crippen molar-refractivity contribution in [1.82, 2.24) is 4.90 Å². The second-order valence-corrected chi connectivity index (χ2v) is 4.57. The van der Waals surface area contributed by atoms with Crippen molar-refractivity contribution in [2.75, 3.05) is 26.3 Å². The topological polar surface area (TPSA) is 86.8 Å². The fourth-order valence-corrected chi connectivity index (χ4v) is 2.27. The maximum absolute atomic E-state index is 11.9. The van der Waals surface area contributed by atoms with Gasteiger partial charge in [-0.2, -0.15) is 0 Å². The average molecular weight is 230 g/mol. The Morgan fingerprint density at radius 3 is 2.12 bits per heavy atom. The van der Waals surface area contributed by atoms with Crippen molar-refractivity contribution in [3.8, 4) is 0 Å². The molecule has 0 saturated heterocycles. The Labute approximate surface area is 96.2 Å². The molecule has 0 radical (unpaired) electrons. The lowest BCUT2D eigenvalue weighted by atomic mass is 9.94. The molecule has 94 valence electrons. The predicted octanol–water partition coefficient (Wildman–Crippen LogP) is -0.539. The molecule has 5 heteroatoms. The summed E-state index contributed by atoms with van der Waals surface area (Å²) >= 11 is 0. The van der Waals surface area contributed by atoms with E-state index in [0.29, 0.717) is 6.42 Å². The number of nitrogens with two attached hydrogens (primary N) is 1. The van der Waals surface area contributed by atoms with Crippen LogP contribution in [0.5, 0.6) is 0 Å². The number of aliphatic hydroxyl groups excluding tert-OH is 2. The molecule has 0 aromatic rings. The largest absolute Gasteiger partial charge is 0.395 e. The highest BCUT2D eigenvalue weighted by Gasteiger charge is 2.33. The normalized spacial score (nSPS) is 18.7. The lowest BCUT2D eigenvalue weighted by Crippen LogP contribution is -2.45. The van der Waals surface area contributed by atoms with Crippen LogP contribution >= 0.6 is 0 Å². The first-order chi connectivity index (χ1) is 7.61. The Morgan fingerprint density at radius 2 is 1.69 bits per heavy atom. The van der Waals surface area contributed by atoms with Gasteiger partial charge in [0.25, 0.3) is 0 Å². The molecular weight excluding hydrogens is 208 g/mol. The molecule has 16 heavy (non-hydrogen) atoms. The number of aliphatic hydroxyl groups is 2. The molecule has 1 saturated carbocycles. The van der Waals surface area contributed by atoms with Crippen molar-refractivity contribution in [3.63, 3.8) is 0 Å². The molecule has 0 unspecified atom stereocenters. The quantitative estimate of drug-likeness (QED) is 0.572. The van der Waals surface area contributed by atoms with E-state index in [4.69, 9.17) is 15.9 Å². The molecule has 0 bridgehead atoms. The lowest BCUT2D eigenvalue weighted by Gasteiger charge is -2.27. The van der Waals surface area contributed by atoms with Crippen LogP contribution in [0, 0.1) is 0 Å². The van der Waals surface area contributed by atoms with E-state index >= 15 is 0 Å². The number of amides is 1. The molecule has 0 aromatic carbocycles. The summed E-state index contributed by atoms with van der Waals surface area (Å²) in [5.41, 5.74) is 5.76. The minimum atomic E-state index is -0.361. The summed E-state index contributed by atoms with van der Waals surface area (Å²) in [6.45, 7) is 0.386.